The molecular weight excluding hydrogens is 343 g/mol. The van der Waals surface area contributed by atoms with Crippen molar-refractivity contribution in [3.8, 4) is 0 Å². The van der Waals surface area contributed by atoms with Crippen LogP contribution in [0, 0.1) is 5.82 Å². The Bertz CT molecular complexity index is 787. The van der Waals surface area contributed by atoms with Gasteiger partial charge in [-0.1, -0.05) is 12.1 Å². The number of rotatable bonds is 3. The Morgan fingerprint density at radius 1 is 1.17 bits per heavy atom. The molecule has 9 heteroatoms. The van der Waals surface area contributed by atoms with Crippen LogP contribution in [0.5, 0.6) is 0 Å². The molecule has 128 valence electrons. The molecule has 2 heterocycles. The predicted molar refractivity (Wildman–Crippen MR) is 82.9 cm³/mol. The number of hydrogen-bond acceptors (Lipinski definition) is 4. The standard InChI is InChI=1S/C14H19FN2O4S2/c15-13-3-1-2-4-14(13)23(20,21)17-8-6-16(7-9-17)12-5-10-22(18,19)11-12/h1-4,12H,5-11H2/p+1/t12-/m0/s1. The van der Waals surface area contributed by atoms with Gasteiger partial charge in [0.15, 0.2) is 9.84 Å². The van der Waals surface area contributed by atoms with E-state index in [-0.39, 0.29) is 35.5 Å². The lowest BCUT2D eigenvalue weighted by Gasteiger charge is -2.34. The third-order valence-electron chi connectivity index (χ3n) is 4.63. The molecule has 1 N–H and O–H groups in total. The van der Waals surface area contributed by atoms with E-state index in [1.807, 2.05) is 0 Å². The Labute approximate surface area is 135 Å². The number of sulfone groups is 1. The van der Waals surface area contributed by atoms with Crippen molar-refractivity contribution >= 4 is 19.9 Å². The summed E-state index contributed by atoms with van der Waals surface area (Å²) in [6.07, 6.45) is 0.637. The monoisotopic (exact) mass is 363 g/mol. The summed E-state index contributed by atoms with van der Waals surface area (Å²) >= 11 is 0. The quantitative estimate of drug-likeness (QED) is 0.740. The largest absolute Gasteiger partial charge is 0.329 e. The summed E-state index contributed by atoms with van der Waals surface area (Å²) in [6, 6.07) is 5.42. The molecule has 0 aromatic heterocycles. The Morgan fingerprint density at radius 2 is 1.83 bits per heavy atom. The van der Waals surface area contributed by atoms with Crippen LogP contribution in [0.2, 0.25) is 0 Å². The van der Waals surface area contributed by atoms with E-state index in [4.69, 9.17) is 0 Å². The molecule has 1 aromatic rings. The summed E-state index contributed by atoms with van der Waals surface area (Å²) in [5, 5.41) is 0. The van der Waals surface area contributed by atoms with Gasteiger partial charge in [-0.05, 0) is 12.1 Å². The molecule has 2 fully saturated rings. The van der Waals surface area contributed by atoms with Crippen LogP contribution < -0.4 is 4.90 Å². The highest BCUT2D eigenvalue weighted by Crippen LogP contribution is 2.19. The fraction of sp³-hybridized carbons (Fsp3) is 0.571. The van der Waals surface area contributed by atoms with Crippen molar-refractivity contribution in [1.29, 1.82) is 0 Å². The number of benzene rings is 1. The highest BCUT2D eigenvalue weighted by Gasteiger charge is 2.39. The third-order valence-corrected chi connectivity index (χ3v) is 8.33. The minimum atomic E-state index is -3.84. The number of sulfonamides is 1. The van der Waals surface area contributed by atoms with Crippen LogP contribution in [-0.2, 0) is 19.9 Å². The summed E-state index contributed by atoms with van der Waals surface area (Å²) in [5.74, 6) is -0.343. The number of piperazine rings is 1. The summed E-state index contributed by atoms with van der Waals surface area (Å²) in [4.78, 5) is 0.831. The molecule has 1 aromatic carbocycles. The van der Waals surface area contributed by atoms with Crippen molar-refractivity contribution in [1.82, 2.24) is 4.31 Å². The van der Waals surface area contributed by atoms with Crippen LogP contribution in [0.15, 0.2) is 29.2 Å². The van der Waals surface area contributed by atoms with E-state index in [0.29, 0.717) is 19.5 Å². The summed E-state index contributed by atoms with van der Waals surface area (Å²) in [7, 11) is -6.77. The van der Waals surface area contributed by atoms with Gasteiger partial charge in [0.05, 0.1) is 31.9 Å². The van der Waals surface area contributed by atoms with Crippen molar-refractivity contribution in [2.75, 3.05) is 37.7 Å². The lowest BCUT2D eigenvalue weighted by molar-refractivity contribution is -0.925. The second-order valence-electron chi connectivity index (χ2n) is 6.09. The molecule has 0 aliphatic carbocycles. The normalized spacial score (nSPS) is 26.4. The molecule has 23 heavy (non-hydrogen) atoms. The molecule has 0 amide bonds. The molecule has 2 saturated heterocycles. The van der Waals surface area contributed by atoms with Gasteiger partial charge in [0, 0.05) is 6.42 Å². The van der Waals surface area contributed by atoms with Gasteiger partial charge in [-0.15, -0.1) is 0 Å². The second-order valence-corrected chi connectivity index (χ2v) is 10.2. The molecule has 2 aliphatic heterocycles. The van der Waals surface area contributed by atoms with Gasteiger partial charge in [0.25, 0.3) is 0 Å². The zero-order chi connectivity index (χ0) is 16.7. The van der Waals surface area contributed by atoms with Crippen molar-refractivity contribution in [2.24, 2.45) is 0 Å². The minimum Gasteiger partial charge on any atom is -0.329 e. The maximum atomic E-state index is 13.8. The molecule has 0 bridgehead atoms. The molecule has 0 radical (unpaired) electrons. The van der Waals surface area contributed by atoms with Crippen molar-refractivity contribution < 1.29 is 26.1 Å². The van der Waals surface area contributed by atoms with Gasteiger partial charge in [-0.25, -0.2) is 21.2 Å². The van der Waals surface area contributed by atoms with Gasteiger partial charge in [0.2, 0.25) is 10.0 Å². The second kappa shape index (κ2) is 6.12. The van der Waals surface area contributed by atoms with Crippen LogP contribution in [-0.4, -0.2) is 64.9 Å². The van der Waals surface area contributed by atoms with Crippen LogP contribution in [0.3, 0.4) is 0 Å². The molecule has 3 rings (SSSR count). The molecular formula is C14H20FN2O4S2+. The SMILES string of the molecule is O=S1(=O)CC[C@H]([NH+]2CCN(S(=O)(=O)c3ccccc3F)CC2)C1. The van der Waals surface area contributed by atoms with E-state index < -0.39 is 25.7 Å². The number of quaternary nitrogens is 1. The molecule has 0 unspecified atom stereocenters. The number of hydrogen-bond donors (Lipinski definition) is 1. The van der Waals surface area contributed by atoms with Gasteiger partial charge in [-0.2, -0.15) is 4.31 Å². The molecule has 0 spiro atoms. The first kappa shape index (κ1) is 16.8. The first-order valence-electron chi connectivity index (χ1n) is 7.59. The lowest BCUT2D eigenvalue weighted by Crippen LogP contribution is -3.18. The number of nitrogens with zero attached hydrogens (tertiary/aromatic N) is 1. The number of nitrogens with one attached hydrogen (secondary N) is 1. The van der Waals surface area contributed by atoms with Crippen LogP contribution in [0.25, 0.3) is 0 Å². The van der Waals surface area contributed by atoms with E-state index in [1.165, 1.54) is 22.5 Å². The Balaban J connectivity index is 1.68. The van der Waals surface area contributed by atoms with E-state index in [1.54, 1.807) is 0 Å². The highest BCUT2D eigenvalue weighted by atomic mass is 32.2. The molecule has 1 atom stereocenters. The minimum absolute atomic E-state index is 0.0540. The first-order chi connectivity index (χ1) is 10.8. The van der Waals surface area contributed by atoms with Crippen molar-refractivity contribution in [3.05, 3.63) is 30.1 Å². The fourth-order valence-corrected chi connectivity index (χ4v) is 6.66. The van der Waals surface area contributed by atoms with E-state index >= 15 is 0 Å². The molecule has 6 nitrogen and oxygen atoms in total. The van der Waals surface area contributed by atoms with Gasteiger partial charge >= 0.3 is 0 Å². The number of halogens is 1. The van der Waals surface area contributed by atoms with E-state index in [0.717, 1.165) is 11.0 Å². The zero-order valence-electron chi connectivity index (χ0n) is 12.6. The highest BCUT2D eigenvalue weighted by molar-refractivity contribution is 7.91. The Kier molecular flexibility index (Phi) is 4.47. The van der Waals surface area contributed by atoms with Crippen LogP contribution >= 0.6 is 0 Å². The lowest BCUT2D eigenvalue weighted by atomic mass is 10.2. The molecule has 0 saturated carbocycles. The van der Waals surface area contributed by atoms with E-state index in [9.17, 15) is 21.2 Å². The summed E-state index contributed by atoms with van der Waals surface area (Å²) in [5.41, 5.74) is 0. The Hall–Kier alpha value is -1.03. The van der Waals surface area contributed by atoms with Crippen LogP contribution in [0.1, 0.15) is 6.42 Å². The van der Waals surface area contributed by atoms with E-state index in [2.05, 4.69) is 0 Å². The third kappa shape index (κ3) is 3.42. The first-order valence-corrected chi connectivity index (χ1v) is 10.9. The molecule has 2 aliphatic rings. The van der Waals surface area contributed by atoms with Gasteiger partial charge in [0.1, 0.15) is 22.5 Å². The zero-order valence-corrected chi connectivity index (χ0v) is 14.2. The van der Waals surface area contributed by atoms with Crippen molar-refractivity contribution in [2.45, 2.75) is 17.4 Å². The van der Waals surface area contributed by atoms with Gasteiger partial charge < -0.3 is 4.90 Å². The average molecular weight is 363 g/mol. The maximum absolute atomic E-state index is 13.8. The Morgan fingerprint density at radius 3 is 2.39 bits per heavy atom. The topological polar surface area (TPSA) is 76.0 Å². The smallest absolute Gasteiger partial charge is 0.246 e. The fourth-order valence-electron chi connectivity index (χ4n) is 3.33. The average Bonchev–Trinajstić information content (AvgIpc) is 2.88. The van der Waals surface area contributed by atoms with Crippen LogP contribution in [0.4, 0.5) is 4.39 Å². The van der Waals surface area contributed by atoms with Crippen molar-refractivity contribution in [3.63, 3.8) is 0 Å². The summed E-state index contributed by atoms with van der Waals surface area (Å²) in [6.45, 7) is 1.66. The van der Waals surface area contributed by atoms with Gasteiger partial charge in [-0.3, -0.25) is 0 Å². The predicted octanol–water partition coefficient (Wildman–Crippen LogP) is -1.10. The summed E-state index contributed by atoms with van der Waals surface area (Å²) < 4.78 is 63.2. The maximum Gasteiger partial charge on any atom is 0.246 e.